The van der Waals surface area contributed by atoms with Crippen LogP contribution in [0.15, 0.2) is 59.9 Å². The molecule has 0 aliphatic rings. The fourth-order valence-electron chi connectivity index (χ4n) is 3.36. The van der Waals surface area contributed by atoms with Crippen LogP contribution in [0.2, 0.25) is 0 Å². The largest absolute Gasteiger partial charge is 0.496 e. The molecule has 1 aromatic heterocycles. The lowest BCUT2D eigenvalue weighted by molar-refractivity contribution is 0.411. The Kier molecular flexibility index (Phi) is 7.49. The Morgan fingerprint density at radius 1 is 1.07 bits per heavy atom. The van der Waals surface area contributed by atoms with E-state index >= 15 is 0 Å². The monoisotopic (exact) mass is 405 g/mol. The summed E-state index contributed by atoms with van der Waals surface area (Å²) in [6.45, 7) is 6.42. The molecule has 0 saturated heterocycles. The van der Waals surface area contributed by atoms with Gasteiger partial charge in [0, 0.05) is 39.1 Å². The number of methoxy groups -OCH3 is 1. The van der Waals surface area contributed by atoms with E-state index in [1.54, 1.807) is 14.2 Å². The van der Waals surface area contributed by atoms with E-state index in [1.165, 1.54) is 16.7 Å². The normalized spacial score (nSPS) is 11.4. The van der Waals surface area contributed by atoms with E-state index in [0.717, 1.165) is 49.2 Å². The van der Waals surface area contributed by atoms with Crippen molar-refractivity contribution in [1.82, 2.24) is 20.2 Å². The van der Waals surface area contributed by atoms with E-state index in [2.05, 4.69) is 74.6 Å². The first-order valence-corrected chi connectivity index (χ1v) is 10.2. The van der Waals surface area contributed by atoms with Crippen LogP contribution in [0.4, 0.5) is 0 Å². The molecule has 0 amide bonds. The van der Waals surface area contributed by atoms with Crippen LogP contribution in [0.1, 0.15) is 28.1 Å². The standard InChI is InChI=1S/C24H31N5O/c1-18-8-9-20(15-23(18)30-4)10-11-27-24(25-3)28-16-21-6-5-7-22(14-21)17-29-13-12-26-19(29)2/h5-9,12-15H,10-11,16-17H2,1-4H3,(H2,25,27,28). The zero-order valence-corrected chi connectivity index (χ0v) is 18.3. The van der Waals surface area contributed by atoms with Crippen molar-refractivity contribution in [3.8, 4) is 5.75 Å². The Balaban J connectivity index is 1.49. The number of aryl methyl sites for hydroxylation is 2. The molecule has 158 valence electrons. The van der Waals surface area contributed by atoms with Gasteiger partial charge in [-0.15, -0.1) is 0 Å². The number of imidazole rings is 1. The molecule has 0 saturated carbocycles. The highest BCUT2D eigenvalue weighted by Gasteiger charge is 2.04. The highest BCUT2D eigenvalue weighted by atomic mass is 16.5. The van der Waals surface area contributed by atoms with E-state index in [-0.39, 0.29) is 0 Å². The van der Waals surface area contributed by atoms with Crippen LogP contribution in [-0.4, -0.2) is 36.2 Å². The molecule has 0 atom stereocenters. The number of ether oxygens (including phenoxy) is 1. The lowest BCUT2D eigenvalue weighted by atomic mass is 10.1. The lowest BCUT2D eigenvalue weighted by Gasteiger charge is -2.13. The van der Waals surface area contributed by atoms with Gasteiger partial charge >= 0.3 is 0 Å². The molecular weight excluding hydrogens is 374 g/mol. The molecule has 0 radical (unpaired) electrons. The van der Waals surface area contributed by atoms with Crippen molar-refractivity contribution in [2.75, 3.05) is 20.7 Å². The van der Waals surface area contributed by atoms with Gasteiger partial charge in [0.15, 0.2) is 5.96 Å². The van der Waals surface area contributed by atoms with Gasteiger partial charge in [0.2, 0.25) is 0 Å². The van der Waals surface area contributed by atoms with Crippen molar-refractivity contribution in [1.29, 1.82) is 0 Å². The number of benzene rings is 2. The van der Waals surface area contributed by atoms with Gasteiger partial charge in [-0.2, -0.15) is 0 Å². The Labute approximate surface area is 179 Å². The molecule has 6 heteroatoms. The number of nitrogens with one attached hydrogen (secondary N) is 2. The number of guanidine groups is 1. The minimum absolute atomic E-state index is 0.717. The van der Waals surface area contributed by atoms with Gasteiger partial charge in [-0.1, -0.05) is 36.4 Å². The second kappa shape index (κ2) is 10.5. The fraction of sp³-hybridized carbons (Fsp3) is 0.333. The molecule has 2 N–H and O–H groups in total. The summed E-state index contributed by atoms with van der Waals surface area (Å²) in [6.07, 6.45) is 4.75. The topological polar surface area (TPSA) is 63.5 Å². The summed E-state index contributed by atoms with van der Waals surface area (Å²) in [5, 5.41) is 6.78. The van der Waals surface area contributed by atoms with Gasteiger partial charge in [0.05, 0.1) is 7.11 Å². The SMILES string of the molecule is CN=C(NCCc1ccc(C)c(OC)c1)NCc1cccc(Cn2ccnc2C)c1. The third-order valence-electron chi connectivity index (χ3n) is 5.13. The Morgan fingerprint density at radius 2 is 1.90 bits per heavy atom. The number of hydrogen-bond donors (Lipinski definition) is 2. The first kappa shape index (κ1) is 21.4. The first-order chi connectivity index (χ1) is 14.6. The predicted octanol–water partition coefficient (Wildman–Crippen LogP) is 3.46. The van der Waals surface area contributed by atoms with Crippen LogP contribution in [0.3, 0.4) is 0 Å². The van der Waals surface area contributed by atoms with Gasteiger partial charge < -0.3 is 19.9 Å². The zero-order chi connectivity index (χ0) is 21.3. The quantitative estimate of drug-likeness (QED) is 0.445. The first-order valence-electron chi connectivity index (χ1n) is 10.2. The van der Waals surface area contributed by atoms with Gasteiger partial charge in [0.1, 0.15) is 11.6 Å². The molecule has 0 spiro atoms. The highest BCUT2D eigenvalue weighted by molar-refractivity contribution is 5.79. The summed E-state index contributed by atoms with van der Waals surface area (Å²) in [5.41, 5.74) is 4.86. The summed E-state index contributed by atoms with van der Waals surface area (Å²) in [6, 6.07) is 14.9. The molecule has 0 aliphatic heterocycles. The fourth-order valence-corrected chi connectivity index (χ4v) is 3.36. The lowest BCUT2D eigenvalue weighted by Crippen LogP contribution is -2.37. The Hall–Kier alpha value is -3.28. The molecular formula is C24H31N5O. The molecule has 1 heterocycles. The molecule has 0 bridgehead atoms. The van der Waals surface area contributed by atoms with Crippen molar-refractivity contribution < 1.29 is 4.74 Å². The van der Waals surface area contributed by atoms with Gasteiger partial charge in [-0.3, -0.25) is 4.99 Å². The maximum Gasteiger partial charge on any atom is 0.191 e. The molecule has 30 heavy (non-hydrogen) atoms. The Bertz CT molecular complexity index is 993. The highest BCUT2D eigenvalue weighted by Crippen LogP contribution is 2.19. The molecule has 2 aromatic carbocycles. The second-order valence-electron chi connectivity index (χ2n) is 7.33. The number of aromatic nitrogens is 2. The molecule has 3 rings (SSSR count). The molecule has 0 unspecified atom stereocenters. The number of rotatable bonds is 8. The average Bonchev–Trinajstić information content (AvgIpc) is 3.16. The maximum atomic E-state index is 5.41. The summed E-state index contributed by atoms with van der Waals surface area (Å²) in [4.78, 5) is 8.62. The van der Waals surface area contributed by atoms with Crippen LogP contribution in [0.5, 0.6) is 5.75 Å². The summed E-state index contributed by atoms with van der Waals surface area (Å²) >= 11 is 0. The van der Waals surface area contributed by atoms with Crippen LogP contribution in [0, 0.1) is 13.8 Å². The number of aliphatic imine (C=N–C) groups is 1. The summed E-state index contributed by atoms with van der Waals surface area (Å²) in [5.74, 6) is 2.75. The van der Waals surface area contributed by atoms with E-state index < -0.39 is 0 Å². The van der Waals surface area contributed by atoms with Crippen LogP contribution >= 0.6 is 0 Å². The van der Waals surface area contributed by atoms with E-state index in [0.29, 0.717) is 0 Å². The van der Waals surface area contributed by atoms with E-state index in [9.17, 15) is 0 Å². The average molecular weight is 406 g/mol. The van der Waals surface area contributed by atoms with Crippen LogP contribution < -0.4 is 15.4 Å². The zero-order valence-electron chi connectivity index (χ0n) is 18.3. The number of hydrogen-bond acceptors (Lipinski definition) is 3. The minimum Gasteiger partial charge on any atom is -0.496 e. The maximum absolute atomic E-state index is 5.41. The molecule has 3 aromatic rings. The van der Waals surface area contributed by atoms with Crippen LogP contribution in [-0.2, 0) is 19.5 Å². The summed E-state index contributed by atoms with van der Waals surface area (Å²) < 4.78 is 7.56. The van der Waals surface area contributed by atoms with Gasteiger partial charge in [-0.05, 0) is 48.6 Å². The second-order valence-corrected chi connectivity index (χ2v) is 7.33. The molecule has 6 nitrogen and oxygen atoms in total. The summed E-state index contributed by atoms with van der Waals surface area (Å²) in [7, 11) is 3.50. The van der Waals surface area contributed by atoms with Crippen molar-refractivity contribution in [2.45, 2.75) is 33.4 Å². The number of nitrogens with zero attached hydrogens (tertiary/aromatic N) is 3. The predicted molar refractivity (Wildman–Crippen MR) is 122 cm³/mol. The smallest absolute Gasteiger partial charge is 0.191 e. The minimum atomic E-state index is 0.717. The van der Waals surface area contributed by atoms with Crippen LogP contribution in [0.25, 0.3) is 0 Å². The van der Waals surface area contributed by atoms with Crippen molar-refractivity contribution in [3.63, 3.8) is 0 Å². The Morgan fingerprint density at radius 3 is 2.63 bits per heavy atom. The molecule has 0 fully saturated rings. The van der Waals surface area contributed by atoms with E-state index in [1.807, 2.05) is 19.3 Å². The van der Waals surface area contributed by atoms with E-state index in [4.69, 9.17) is 4.74 Å². The third-order valence-corrected chi connectivity index (χ3v) is 5.13. The van der Waals surface area contributed by atoms with Crippen molar-refractivity contribution in [2.24, 2.45) is 4.99 Å². The van der Waals surface area contributed by atoms with Gasteiger partial charge in [0.25, 0.3) is 0 Å². The van der Waals surface area contributed by atoms with Gasteiger partial charge in [-0.25, -0.2) is 4.98 Å². The third kappa shape index (κ3) is 5.86. The van der Waals surface area contributed by atoms with Crippen molar-refractivity contribution >= 4 is 5.96 Å². The molecule has 0 aliphatic carbocycles. The van der Waals surface area contributed by atoms with Crippen molar-refractivity contribution in [3.05, 3.63) is 82.9 Å².